The number of aromatic nitrogens is 2. The van der Waals surface area contributed by atoms with Crippen molar-refractivity contribution in [3.05, 3.63) is 55.9 Å². The summed E-state index contributed by atoms with van der Waals surface area (Å²) in [4.78, 5) is 0. The molecule has 2 nitrogen and oxygen atoms in total. The molecule has 0 amide bonds. The Morgan fingerprint density at radius 1 is 0.826 bits per heavy atom. The molecule has 2 aromatic rings. The van der Waals surface area contributed by atoms with Crippen LogP contribution in [0.15, 0.2) is 49.1 Å². The predicted molar refractivity (Wildman–Crippen MR) is 93.1 cm³/mol. The Morgan fingerprint density at radius 2 is 1.22 bits per heavy atom. The van der Waals surface area contributed by atoms with Crippen molar-refractivity contribution in [3.63, 3.8) is 0 Å². The Morgan fingerprint density at radius 3 is 1.57 bits per heavy atom. The van der Waals surface area contributed by atoms with Crippen LogP contribution in [0.3, 0.4) is 0 Å². The molecule has 0 aliphatic heterocycles. The van der Waals surface area contributed by atoms with Crippen LogP contribution in [-0.4, -0.2) is 14.6 Å². The van der Waals surface area contributed by atoms with Crippen LogP contribution in [0.25, 0.3) is 11.1 Å². The minimum Gasteiger partial charge on any atom is -0.367 e. The second kappa shape index (κ2) is 16.1. The van der Waals surface area contributed by atoms with E-state index in [1.54, 1.807) is 0 Å². The van der Waals surface area contributed by atoms with Crippen LogP contribution in [0.4, 0.5) is 0 Å². The van der Waals surface area contributed by atoms with Crippen LogP contribution >= 0.6 is 0 Å². The summed E-state index contributed by atoms with van der Waals surface area (Å²) in [6.45, 7) is 5.91. The molecule has 0 saturated carbocycles. The third-order valence-electron chi connectivity index (χ3n) is 3.08. The number of hydrogen-bond donors (Lipinski definition) is 0. The first kappa shape index (κ1) is 28.4. The quantitative estimate of drug-likeness (QED) is 0.357. The third-order valence-corrected chi connectivity index (χ3v) is 3.08. The fraction of sp³-hybridized carbons (Fsp3) is 0.353. The summed E-state index contributed by atoms with van der Waals surface area (Å²) in [7, 11) is 4.16. The number of rotatable bonds is 6. The first-order valence-corrected chi connectivity index (χ1v) is 6.74. The summed E-state index contributed by atoms with van der Waals surface area (Å²) in [6.07, 6.45) is 11.4. The molecule has 0 N–H and O–H groups in total. The Kier molecular flexibility index (Phi) is 19.9. The molecule has 2 aromatic heterocycles. The van der Waals surface area contributed by atoms with E-state index in [0.717, 1.165) is 19.2 Å². The SMILES string of the molecule is C.C.[CH2-][B]C[n+]1ccc(-c2cc[n+](C[B]CC)cc2)cc1.[Y].[Y]. The molecule has 4 radical (unpaired) electrons. The van der Waals surface area contributed by atoms with E-state index in [1.165, 1.54) is 11.1 Å². The van der Waals surface area contributed by atoms with Crippen molar-refractivity contribution < 1.29 is 74.6 Å². The van der Waals surface area contributed by atoms with Crippen molar-refractivity contribution in [2.24, 2.45) is 0 Å². The van der Waals surface area contributed by atoms with E-state index < -0.39 is 0 Å². The van der Waals surface area contributed by atoms with Gasteiger partial charge in [0.05, 0.1) is 6.44 Å². The Hall–Kier alpha value is 0.638. The third kappa shape index (κ3) is 9.63. The van der Waals surface area contributed by atoms with Gasteiger partial charge in [-0.05, 0) is 18.4 Å². The van der Waals surface area contributed by atoms with Crippen LogP contribution in [0, 0.1) is 6.82 Å². The molecule has 0 spiro atoms. The zero-order valence-electron chi connectivity index (χ0n) is 12.7. The van der Waals surface area contributed by atoms with E-state index in [-0.39, 0.29) is 80.3 Å². The Balaban J connectivity index is -0.000001000. The molecule has 0 fully saturated rings. The van der Waals surface area contributed by atoms with Crippen molar-refractivity contribution in [2.75, 3.05) is 0 Å². The fourth-order valence-corrected chi connectivity index (χ4v) is 1.97. The fourth-order valence-electron chi connectivity index (χ4n) is 1.97. The average Bonchev–Trinajstić information content (AvgIpc) is 2.47. The molecule has 0 unspecified atom stereocenters. The van der Waals surface area contributed by atoms with E-state index in [4.69, 9.17) is 0 Å². The maximum atomic E-state index is 3.74. The normalized spacial score (nSPS) is 8.43. The largest absolute Gasteiger partial charge is 0.367 e. The summed E-state index contributed by atoms with van der Waals surface area (Å²) in [5.41, 5.74) is 2.49. The van der Waals surface area contributed by atoms with Crippen molar-refractivity contribution in [3.8, 4) is 11.1 Å². The molecule has 0 aromatic carbocycles. The summed E-state index contributed by atoms with van der Waals surface area (Å²) in [5.74, 6) is 0. The average molecular weight is 459 g/mol. The zero-order valence-corrected chi connectivity index (χ0v) is 18.3. The summed E-state index contributed by atoms with van der Waals surface area (Å²) >= 11 is 0. The molecule has 2 rings (SSSR count). The van der Waals surface area contributed by atoms with Crippen molar-refractivity contribution >= 4 is 14.6 Å². The molecule has 0 saturated heterocycles. The van der Waals surface area contributed by atoms with Crippen LogP contribution in [0.2, 0.25) is 6.32 Å². The molecule has 6 heteroatoms. The zero-order chi connectivity index (χ0) is 13.5. The molecule has 116 valence electrons. The van der Waals surface area contributed by atoms with Gasteiger partial charge in [0.15, 0.2) is 24.8 Å². The van der Waals surface area contributed by atoms with Crippen LogP contribution in [-0.2, 0) is 78.3 Å². The molecule has 0 atom stereocenters. The van der Waals surface area contributed by atoms with Gasteiger partial charge in [-0.25, -0.2) is 9.13 Å². The van der Waals surface area contributed by atoms with Gasteiger partial charge >= 0.3 is 0 Å². The minimum atomic E-state index is 0. The van der Waals surface area contributed by atoms with E-state index in [9.17, 15) is 0 Å². The predicted octanol–water partition coefficient (Wildman–Crippen LogP) is 2.75. The van der Waals surface area contributed by atoms with Crippen molar-refractivity contribution in [1.29, 1.82) is 0 Å². The number of pyridine rings is 2. The van der Waals surface area contributed by atoms with Gasteiger partial charge in [-0.1, -0.05) is 28.1 Å². The first-order valence-electron chi connectivity index (χ1n) is 6.74. The van der Waals surface area contributed by atoms with E-state index in [2.05, 4.69) is 79.2 Å². The van der Waals surface area contributed by atoms with Crippen LogP contribution in [0.5, 0.6) is 0 Å². The Bertz CT molecular complexity index is 505. The van der Waals surface area contributed by atoms with Crippen LogP contribution < -0.4 is 9.13 Å². The molecule has 23 heavy (non-hydrogen) atoms. The van der Waals surface area contributed by atoms with Gasteiger partial charge in [0.25, 0.3) is 0 Å². The molecule has 0 aliphatic rings. The maximum absolute atomic E-state index is 3.74. The standard InChI is InChI=1S/C15H19B2N2.2CH4.2Y/c1-3-17-13-19-10-6-15(7-11-19)14-4-8-18(9-5-14)12-16-2;;;;/h4-11H,2-3,12-13H2,1H3;2*1H4;;/q+1;;;;. The molecule has 0 aliphatic carbocycles. The number of nitrogens with zero attached hydrogens (tertiary/aromatic N) is 2. The van der Waals surface area contributed by atoms with Crippen molar-refractivity contribution in [1.82, 2.24) is 0 Å². The van der Waals surface area contributed by atoms with Crippen LogP contribution in [0.1, 0.15) is 21.8 Å². The molecule has 0 bridgehead atoms. The van der Waals surface area contributed by atoms with Gasteiger partial charge in [-0.15, -0.1) is 0 Å². The van der Waals surface area contributed by atoms with E-state index >= 15 is 0 Å². The van der Waals surface area contributed by atoms with E-state index in [1.807, 2.05) is 7.28 Å². The summed E-state index contributed by atoms with van der Waals surface area (Å²) in [5, 5.41) is 0. The van der Waals surface area contributed by atoms with E-state index in [0.29, 0.717) is 0 Å². The van der Waals surface area contributed by atoms with Crippen molar-refractivity contribution in [2.45, 2.75) is 41.0 Å². The van der Waals surface area contributed by atoms with Gasteiger partial charge in [0, 0.05) is 89.7 Å². The van der Waals surface area contributed by atoms with Gasteiger partial charge in [-0.3, -0.25) is 0 Å². The van der Waals surface area contributed by atoms with Gasteiger partial charge < -0.3 is 6.82 Å². The van der Waals surface area contributed by atoms with Gasteiger partial charge in [0.1, 0.15) is 6.44 Å². The van der Waals surface area contributed by atoms with Gasteiger partial charge in [0.2, 0.25) is 7.28 Å². The monoisotopic (exact) mass is 459 g/mol. The topological polar surface area (TPSA) is 7.76 Å². The number of hydrogen-bond acceptors (Lipinski definition) is 0. The maximum Gasteiger partial charge on any atom is 0.200 e. The second-order valence-corrected chi connectivity index (χ2v) is 4.55. The summed E-state index contributed by atoms with van der Waals surface area (Å²) < 4.78 is 4.30. The summed E-state index contributed by atoms with van der Waals surface area (Å²) in [6, 6.07) is 8.61. The minimum absolute atomic E-state index is 0. The van der Waals surface area contributed by atoms with Gasteiger partial charge in [-0.2, -0.15) is 0 Å². The molecular weight excluding hydrogens is 432 g/mol. The first-order chi connectivity index (χ1) is 9.33. The molecular formula is C17H27B2N2Y2+. The second-order valence-electron chi connectivity index (χ2n) is 4.55. The molecule has 2 heterocycles. The smallest absolute Gasteiger partial charge is 0.200 e. The Labute approximate surface area is 195 Å².